The van der Waals surface area contributed by atoms with E-state index >= 15 is 0 Å². The van der Waals surface area contributed by atoms with E-state index in [4.69, 9.17) is 9.47 Å². The van der Waals surface area contributed by atoms with Crippen LogP contribution in [0.1, 0.15) is 0 Å². The molecule has 0 fully saturated rings. The lowest BCUT2D eigenvalue weighted by Crippen LogP contribution is -2.41. The maximum absolute atomic E-state index is 12.6. The summed E-state index contributed by atoms with van der Waals surface area (Å²) in [6.07, 6.45) is 0. The highest BCUT2D eigenvalue weighted by Crippen LogP contribution is 2.33. The number of fused-ring (bicyclic) bond motifs is 1. The number of hydrogen-bond acceptors (Lipinski definition) is 4. The van der Waals surface area contributed by atoms with Crippen LogP contribution < -0.4 is 25.0 Å². The molecule has 0 saturated carbocycles. The van der Waals surface area contributed by atoms with Crippen molar-refractivity contribution in [3.8, 4) is 11.5 Å². The van der Waals surface area contributed by atoms with E-state index in [0.717, 1.165) is 28.6 Å². The van der Waals surface area contributed by atoms with Crippen LogP contribution in [-0.4, -0.2) is 33.3 Å². The van der Waals surface area contributed by atoms with Gasteiger partial charge in [-0.1, -0.05) is 0 Å². The average Bonchev–Trinajstić information content (AvgIpc) is 2.61. The Morgan fingerprint density at radius 1 is 1.09 bits per heavy atom. The predicted molar refractivity (Wildman–Crippen MR) is 90.8 cm³/mol. The number of rotatable bonds is 3. The fourth-order valence-electron chi connectivity index (χ4n) is 2.52. The minimum Gasteiger partial charge on any atom is -0.497 e. The van der Waals surface area contributed by atoms with Crippen molar-refractivity contribution in [2.45, 2.75) is 0 Å². The summed E-state index contributed by atoms with van der Waals surface area (Å²) in [5.74, 6) is 1.51. The molecule has 0 aliphatic carbocycles. The molecular weight excluding hydrogens is 294 g/mol. The van der Waals surface area contributed by atoms with Gasteiger partial charge in [0.2, 0.25) is 0 Å². The fraction of sp³-hybridized carbons (Fsp3) is 0.235. The molecule has 2 aromatic rings. The van der Waals surface area contributed by atoms with E-state index in [1.54, 1.807) is 19.1 Å². The molecule has 1 heterocycles. The molecular formula is C17H19N3O3. The molecule has 0 bridgehead atoms. The Balaban J connectivity index is 1.78. The first-order chi connectivity index (χ1) is 11.2. The van der Waals surface area contributed by atoms with Crippen molar-refractivity contribution in [2.24, 2.45) is 0 Å². The molecule has 6 heteroatoms. The topological polar surface area (TPSA) is 62.8 Å². The number of hydrogen-bond donors (Lipinski definition) is 2. The summed E-state index contributed by atoms with van der Waals surface area (Å²) in [4.78, 5) is 14.3. The van der Waals surface area contributed by atoms with Gasteiger partial charge in [0.1, 0.15) is 11.5 Å². The number of ether oxygens (including phenoxy) is 2. The first-order valence-corrected chi connectivity index (χ1v) is 7.36. The van der Waals surface area contributed by atoms with Gasteiger partial charge in [-0.3, -0.25) is 4.90 Å². The van der Waals surface area contributed by atoms with Crippen LogP contribution >= 0.6 is 0 Å². The number of anilines is 3. The Hall–Kier alpha value is -2.89. The highest BCUT2D eigenvalue weighted by Gasteiger charge is 2.22. The van der Waals surface area contributed by atoms with Gasteiger partial charge < -0.3 is 20.1 Å². The summed E-state index contributed by atoms with van der Waals surface area (Å²) >= 11 is 0. The molecule has 0 unspecified atom stereocenters. The molecule has 0 radical (unpaired) electrons. The van der Waals surface area contributed by atoms with Gasteiger partial charge in [-0.05, 0) is 36.4 Å². The molecule has 6 nitrogen and oxygen atoms in total. The van der Waals surface area contributed by atoms with E-state index < -0.39 is 0 Å². The smallest absolute Gasteiger partial charge is 0.326 e. The van der Waals surface area contributed by atoms with Gasteiger partial charge >= 0.3 is 6.03 Å². The zero-order valence-electron chi connectivity index (χ0n) is 13.1. The number of amides is 2. The number of carbonyl (C=O) groups is 1. The third kappa shape index (κ3) is 3.15. The molecule has 3 rings (SSSR count). The van der Waals surface area contributed by atoms with E-state index in [-0.39, 0.29) is 6.03 Å². The Morgan fingerprint density at radius 3 is 2.48 bits per heavy atom. The van der Waals surface area contributed by atoms with Crippen LogP contribution in [0.15, 0.2) is 42.5 Å². The van der Waals surface area contributed by atoms with Crippen LogP contribution in [0.5, 0.6) is 11.5 Å². The molecule has 2 N–H and O–H groups in total. The molecule has 1 aliphatic rings. The standard InChI is InChI=1S/C17H19N3O3/c1-22-13-5-3-12(4-6-13)19-17(21)20-10-9-18-15-11-14(23-2)7-8-16(15)20/h3-8,11,18H,9-10H2,1-2H3,(H,19,21). The molecule has 0 atom stereocenters. The van der Waals surface area contributed by atoms with Crippen molar-refractivity contribution in [1.82, 2.24) is 0 Å². The molecule has 2 amide bonds. The van der Waals surface area contributed by atoms with E-state index in [2.05, 4.69) is 10.6 Å². The van der Waals surface area contributed by atoms with Gasteiger partial charge in [0.05, 0.1) is 25.6 Å². The maximum atomic E-state index is 12.6. The summed E-state index contributed by atoms with van der Waals surface area (Å²) < 4.78 is 10.3. The average molecular weight is 313 g/mol. The van der Waals surface area contributed by atoms with E-state index in [9.17, 15) is 4.79 Å². The van der Waals surface area contributed by atoms with Crippen LogP contribution in [0.25, 0.3) is 0 Å². The summed E-state index contributed by atoms with van der Waals surface area (Å²) in [7, 11) is 3.23. The third-order valence-corrected chi connectivity index (χ3v) is 3.73. The monoisotopic (exact) mass is 313 g/mol. The normalized spacial score (nSPS) is 12.9. The van der Waals surface area contributed by atoms with Gasteiger partial charge in [0, 0.05) is 24.8 Å². The van der Waals surface area contributed by atoms with Gasteiger partial charge in [0.15, 0.2) is 0 Å². The van der Waals surface area contributed by atoms with Gasteiger partial charge in [0.25, 0.3) is 0 Å². The van der Waals surface area contributed by atoms with Crippen LogP contribution in [0.4, 0.5) is 21.9 Å². The van der Waals surface area contributed by atoms with Crippen LogP contribution in [0.3, 0.4) is 0 Å². The fourth-order valence-corrected chi connectivity index (χ4v) is 2.52. The second-order valence-corrected chi connectivity index (χ2v) is 5.12. The van der Waals surface area contributed by atoms with Crippen LogP contribution in [-0.2, 0) is 0 Å². The second-order valence-electron chi connectivity index (χ2n) is 5.12. The zero-order chi connectivity index (χ0) is 16.2. The van der Waals surface area contributed by atoms with Crippen molar-refractivity contribution in [3.63, 3.8) is 0 Å². The molecule has 1 aliphatic heterocycles. The van der Waals surface area contributed by atoms with E-state index in [0.29, 0.717) is 13.1 Å². The molecule has 0 aromatic heterocycles. The van der Waals surface area contributed by atoms with Crippen molar-refractivity contribution in [1.29, 1.82) is 0 Å². The SMILES string of the molecule is COc1ccc(NC(=O)N2CCNc3cc(OC)ccc32)cc1. The number of urea groups is 1. The van der Waals surface area contributed by atoms with Crippen molar-refractivity contribution in [2.75, 3.05) is 42.8 Å². The van der Waals surface area contributed by atoms with Gasteiger partial charge in [-0.15, -0.1) is 0 Å². The van der Waals surface area contributed by atoms with Crippen molar-refractivity contribution < 1.29 is 14.3 Å². The largest absolute Gasteiger partial charge is 0.497 e. The van der Waals surface area contributed by atoms with Crippen LogP contribution in [0, 0.1) is 0 Å². The van der Waals surface area contributed by atoms with E-state index in [1.807, 2.05) is 42.5 Å². The lowest BCUT2D eigenvalue weighted by Gasteiger charge is -2.30. The summed E-state index contributed by atoms with van der Waals surface area (Å²) in [6, 6.07) is 12.7. The minimum absolute atomic E-state index is 0.164. The maximum Gasteiger partial charge on any atom is 0.326 e. The number of nitrogens with zero attached hydrogens (tertiary/aromatic N) is 1. The molecule has 2 aromatic carbocycles. The van der Waals surface area contributed by atoms with Crippen molar-refractivity contribution in [3.05, 3.63) is 42.5 Å². The van der Waals surface area contributed by atoms with Crippen LogP contribution in [0.2, 0.25) is 0 Å². The van der Waals surface area contributed by atoms with E-state index in [1.165, 1.54) is 0 Å². The first-order valence-electron chi connectivity index (χ1n) is 7.36. The lowest BCUT2D eigenvalue weighted by atomic mass is 10.2. The zero-order valence-corrected chi connectivity index (χ0v) is 13.1. The molecule has 23 heavy (non-hydrogen) atoms. The molecule has 0 saturated heterocycles. The first kappa shape index (κ1) is 15.0. The number of benzene rings is 2. The van der Waals surface area contributed by atoms with Gasteiger partial charge in [-0.2, -0.15) is 0 Å². The Bertz CT molecular complexity index is 701. The molecule has 120 valence electrons. The summed E-state index contributed by atoms with van der Waals surface area (Å²) in [6.45, 7) is 1.29. The number of methoxy groups -OCH3 is 2. The lowest BCUT2D eigenvalue weighted by molar-refractivity contribution is 0.257. The Labute approximate surface area is 135 Å². The third-order valence-electron chi connectivity index (χ3n) is 3.73. The second kappa shape index (κ2) is 6.48. The quantitative estimate of drug-likeness (QED) is 0.913. The minimum atomic E-state index is -0.164. The molecule has 0 spiro atoms. The number of nitrogens with one attached hydrogen (secondary N) is 2. The highest BCUT2D eigenvalue weighted by atomic mass is 16.5. The highest BCUT2D eigenvalue weighted by molar-refractivity contribution is 6.04. The summed E-state index contributed by atoms with van der Waals surface area (Å²) in [5, 5.41) is 6.19. The van der Waals surface area contributed by atoms with Gasteiger partial charge in [-0.25, -0.2) is 4.79 Å². The predicted octanol–water partition coefficient (Wildman–Crippen LogP) is 3.17. The Morgan fingerprint density at radius 2 is 1.78 bits per heavy atom. The number of carbonyl (C=O) groups excluding carboxylic acids is 1. The summed E-state index contributed by atoms with van der Waals surface area (Å²) in [5.41, 5.74) is 2.45. The Kier molecular flexibility index (Phi) is 4.23. The van der Waals surface area contributed by atoms with Crippen molar-refractivity contribution >= 4 is 23.1 Å².